The van der Waals surface area contributed by atoms with E-state index in [1.54, 1.807) is 0 Å². The molecule has 0 bridgehead atoms. The summed E-state index contributed by atoms with van der Waals surface area (Å²) in [6.45, 7) is 12.2. The van der Waals surface area contributed by atoms with Crippen molar-refractivity contribution in [3.05, 3.63) is 29.0 Å². The summed E-state index contributed by atoms with van der Waals surface area (Å²) in [5.41, 5.74) is 1.23. The molecule has 0 aliphatic heterocycles. The Morgan fingerprint density at radius 1 is 1.12 bits per heavy atom. The fourth-order valence-corrected chi connectivity index (χ4v) is 2.11. The minimum atomic E-state index is 0.563. The molecule has 3 heteroatoms. The van der Waals surface area contributed by atoms with Gasteiger partial charge < -0.3 is 0 Å². The van der Waals surface area contributed by atoms with Gasteiger partial charge >= 0.3 is 0 Å². The van der Waals surface area contributed by atoms with Gasteiger partial charge in [-0.1, -0.05) is 45.4 Å². The molecule has 0 fully saturated rings. The van der Waals surface area contributed by atoms with E-state index in [1.807, 2.05) is 12.3 Å². The lowest BCUT2D eigenvalue weighted by atomic mass is 10.1. The molecule has 0 unspecified atom stereocenters. The average molecular weight is 255 g/mol. The van der Waals surface area contributed by atoms with Crippen LogP contribution in [0.1, 0.15) is 33.3 Å². The largest absolute Gasteiger partial charge is 0.299 e. The second-order valence-corrected chi connectivity index (χ2v) is 5.86. The van der Waals surface area contributed by atoms with E-state index < -0.39 is 0 Å². The van der Waals surface area contributed by atoms with Crippen LogP contribution in [0.3, 0.4) is 0 Å². The fraction of sp³-hybridized carbons (Fsp3) is 0.643. The van der Waals surface area contributed by atoms with Gasteiger partial charge in [0.05, 0.1) is 0 Å². The van der Waals surface area contributed by atoms with Crippen LogP contribution in [0.5, 0.6) is 0 Å². The lowest BCUT2D eigenvalue weighted by molar-refractivity contribution is 0.211. The highest BCUT2D eigenvalue weighted by Crippen LogP contribution is 2.11. The van der Waals surface area contributed by atoms with Crippen molar-refractivity contribution in [2.45, 2.75) is 34.2 Å². The summed E-state index contributed by atoms with van der Waals surface area (Å²) in [4.78, 5) is 6.62. The first-order valence-corrected chi connectivity index (χ1v) is 6.68. The lowest BCUT2D eigenvalue weighted by Gasteiger charge is -2.26. The van der Waals surface area contributed by atoms with Crippen LogP contribution in [0.15, 0.2) is 18.3 Å². The number of hydrogen-bond acceptors (Lipinski definition) is 2. The summed E-state index contributed by atoms with van der Waals surface area (Å²) in [5, 5.41) is 0.563. The van der Waals surface area contributed by atoms with Crippen molar-refractivity contribution >= 4 is 11.6 Å². The zero-order chi connectivity index (χ0) is 12.8. The van der Waals surface area contributed by atoms with Crippen molar-refractivity contribution in [2.24, 2.45) is 11.8 Å². The van der Waals surface area contributed by atoms with Crippen molar-refractivity contribution in [3.63, 3.8) is 0 Å². The molecule has 1 heterocycles. The molecular weight excluding hydrogens is 232 g/mol. The number of aromatic nitrogens is 1. The third kappa shape index (κ3) is 6.04. The van der Waals surface area contributed by atoms with E-state index in [4.69, 9.17) is 11.6 Å². The van der Waals surface area contributed by atoms with Crippen molar-refractivity contribution in [3.8, 4) is 0 Å². The van der Waals surface area contributed by atoms with Crippen molar-refractivity contribution in [1.29, 1.82) is 0 Å². The van der Waals surface area contributed by atoms with E-state index in [0.29, 0.717) is 17.0 Å². The Kier molecular flexibility index (Phi) is 5.93. The summed E-state index contributed by atoms with van der Waals surface area (Å²) < 4.78 is 0. The van der Waals surface area contributed by atoms with Gasteiger partial charge in [0.1, 0.15) is 5.15 Å². The highest BCUT2D eigenvalue weighted by atomic mass is 35.5. The molecule has 1 aromatic heterocycles. The standard InChI is InChI=1S/C14H23ClN2/c1-11(2)8-17(9-12(3)4)10-13-5-6-14(15)16-7-13/h5-7,11-12H,8-10H2,1-4H3. The maximum Gasteiger partial charge on any atom is 0.129 e. The van der Waals surface area contributed by atoms with Crippen molar-refractivity contribution in [1.82, 2.24) is 9.88 Å². The number of nitrogens with zero attached hydrogens (tertiary/aromatic N) is 2. The van der Waals surface area contributed by atoms with Gasteiger partial charge in [0.2, 0.25) is 0 Å². The molecule has 0 amide bonds. The summed E-state index contributed by atoms with van der Waals surface area (Å²) in [5.74, 6) is 1.38. The zero-order valence-corrected chi connectivity index (χ0v) is 12.0. The first-order chi connectivity index (χ1) is 7.97. The van der Waals surface area contributed by atoms with Crippen LogP contribution in [0.25, 0.3) is 0 Å². The third-order valence-corrected chi connectivity index (χ3v) is 2.67. The Morgan fingerprint density at radius 2 is 1.71 bits per heavy atom. The third-order valence-electron chi connectivity index (χ3n) is 2.44. The molecule has 1 rings (SSSR count). The fourth-order valence-electron chi connectivity index (χ4n) is 1.99. The predicted molar refractivity (Wildman–Crippen MR) is 74.2 cm³/mol. The van der Waals surface area contributed by atoms with Crippen molar-refractivity contribution < 1.29 is 0 Å². The SMILES string of the molecule is CC(C)CN(Cc1ccc(Cl)nc1)CC(C)C. The van der Waals surface area contributed by atoms with Crippen LogP contribution in [0, 0.1) is 11.8 Å². The second-order valence-electron chi connectivity index (χ2n) is 5.47. The molecule has 0 aliphatic carbocycles. The highest BCUT2D eigenvalue weighted by molar-refractivity contribution is 6.29. The van der Waals surface area contributed by atoms with E-state index in [1.165, 1.54) is 5.56 Å². The van der Waals surface area contributed by atoms with E-state index >= 15 is 0 Å². The molecule has 1 aromatic rings. The minimum absolute atomic E-state index is 0.563. The Bertz CT molecular complexity index is 309. The van der Waals surface area contributed by atoms with E-state index in [-0.39, 0.29) is 0 Å². The quantitative estimate of drug-likeness (QED) is 0.717. The predicted octanol–water partition coefficient (Wildman–Crippen LogP) is 3.85. The Balaban J connectivity index is 2.61. The smallest absolute Gasteiger partial charge is 0.129 e. The monoisotopic (exact) mass is 254 g/mol. The summed E-state index contributed by atoms with van der Waals surface area (Å²) in [6.07, 6.45) is 1.87. The van der Waals surface area contributed by atoms with Crippen LogP contribution in [-0.4, -0.2) is 23.0 Å². The van der Waals surface area contributed by atoms with Crippen LogP contribution >= 0.6 is 11.6 Å². The van der Waals surface area contributed by atoms with E-state index in [9.17, 15) is 0 Å². The molecular formula is C14H23ClN2. The van der Waals surface area contributed by atoms with Gasteiger partial charge in [-0.05, 0) is 23.5 Å². The van der Waals surface area contributed by atoms with Gasteiger partial charge in [-0.25, -0.2) is 4.98 Å². The van der Waals surface area contributed by atoms with Gasteiger partial charge in [0.15, 0.2) is 0 Å². The maximum atomic E-state index is 5.79. The van der Waals surface area contributed by atoms with Gasteiger partial charge in [-0.3, -0.25) is 4.90 Å². The topological polar surface area (TPSA) is 16.1 Å². The number of rotatable bonds is 6. The van der Waals surface area contributed by atoms with E-state index in [0.717, 1.165) is 19.6 Å². The Labute approximate surface area is 110 Å². The van der Waals surface area contributed by atoms with Gasteiger partial charge in [-0.2, -0.15) is 0 Å². The van der Waals surface area contributed by atoms with Crippen LogP contribution in [0.2, 0.25) is 5.15 Å². The normalized spacial score (nSPS) is 11.8. The molecule has 0 atom stereocenters. The molecule has 0 saturated heterocycles. The van der Waals surface area contributed by atoms with Gasteiger partial charge in [0.25, 0.3) is 0 Å². The minimum Gasteiger partial charge on any atom is -0.299 e. The highest BCUT2D eigenvalue weighted by Gasteiger charge is 2.10. The molecule has 0 radical (unpaired) electrons. The summed E-state index contributed by atoms with van der Waals surface area (Å²) in [7, 11) is 0. The first kappa shape index (κ1) is 14.5. The Hall–Kier alpha value is -0.600. The molecule has 0 aliphatic rings. The maximum absolute atomic E-state index is 5.79. The second kappa shape index (κ2) is 6.97. The first-order valence-electron chi connectivity index (χ1n) is 6.30. The van der Waals surface area contributed by atoms with Crippen LogP contribution in [-0.2, 0) is 6.54 Å². The number of pyridine rings is 1. The number of hydrogen-bond donors (Lipinski definition) is 0. The molecule has 0 saturated carbocycles. The molecule has 0 N–H and O–H groups in total. The number of halogens is 1. The summed E-state index contributed by atoms with van der Waals surface area (Å²) >= 11 is 5.79. The summed E-state index contributed by atoms with van der Waals surface area (Å²) in [6, 6.07) is 3.92. The molecule has 0 spiro atoms. The van der Waals surface area contributed by atoms with Gasteiger partial charge in [-0.15, -0.1) is 0 Å². The average Bonchev–Trinajstić information content (AvgIpc) is 2.19. The Morgan fingerprint density at radius 3 is 2.12 bits per heavy atom. The van der Waals surface area contributed by atoms with Crippen LogP contribution in [0.4, 0.5) is 0 Å². The van der Waals surface area contributed by atoms with E-state index in [2.05, 4.69) is 43.6 Å². The molecule has 96 valence electrons. The molecule has 17 heavy (non-hydrogen) atoms. The van der Waals surface area contributed by atoms with Gasteiger partial charge in [0, 0.05) is 25.8 Å². The van der Waals surface area contributed by atoms with Crippen LogP contribution < -0.4 is 0 Å². The lowest BCUT2D eigenvalue weighted by Crippen LogP contribution is -2.30. The molecule has 2 nitrogen and oxygen atoms in total. The van der Waals surface area contributed by atoms with Crippen molar-refractivity contribution in [2.75, 3.05) is 13.1 Å². The zero-order valence-electron chi connectivity index (χ0n) is 11.3. The molecule has 0 aromatic carbocycles.